The number of nitrogens with one attached hydrogen (secondary N) is 1. The zero-order valence-electron chi connectivity index (χ0n) is 11.0. The maximum absolute atomic E-state index is 12.4. The van der Waals surface area contributed by atoms with Crippen LogP contribution in [0.3, 0.4) is 0 Å². The molecule has 0 aliphatic heterocycles. The molecule has 0 spiro atoms. The summed E-state index contributed by atoms with van der Waals surface area (Å²) in [5.74, 6) is -0.434. The molecule has 2 aromatic heterocycles. The molecule has 0 saturated carbocycles. The Labute approximate surface area is 128 Å². The smallest absolute Gasteiger partial charge is 0.314 e. The maximum Gasteiger partial charge on any atom is 0.314 e. The summed E-state index contributed by atoms with van der Waals surface area (Å²) in [5, 5.41) is 10.4. The lowest BCUT2D eigenvalue weighted by Crippen LogP contribution is -1.98. The first-order valence-corrected chi connectivity index (χ1v) is 6.55. The van der Waals surface area contributed by atoms with E-state index in [-0.39, 0.29) is 18.2 Å². The van der Waals surface area contributed by atoms with Crippen LogP contribution in [0, 0.1) is 0 Å². The minimum atomic E-state index is -2.83. The highest BCUT2D eigenvalue weighted by molar-refractivity contribution is 6.30. The molecule has 0 aliphatic rings. The van der Waals surface area contributed by atoms with E-state index in [1.54, 1.807) is 18.2 Å². The third kappa shape index (κ3) is 3.22. The van der Waals surface area contributed by atoms with Crippen LogP contribution in [0.2, 0.25) is 5.02 Å². The van der Waals surface area contributed by atoms with Crippen LogP contribution >= 0.6 is 11.6 Å². The van der Waals surface area contributed by atoms with Crippen molar-refractivity contribution >= 4 is 17.3 Å². The van der Waals surface area contributed by atoms with Crippen molar-refractivity contribution in [1.29, 1.82) is 0 Å². The van der Waals surface area contributed by atoms with Gasteiger partial charge in [0.1, 0.15) is 0 Å². The van der Waals surface area contributed by atoms with Crippen molar-refractivity contribution in [2.75, 3.05) is 5.32 Å². The fourth-order valence-electron chi connectivity index (χ4n) is 1.69. The van der Waals surface area contributed by atoms with Crippen molar-refractivity contribution < 1.29 is 17.6 Å². The lowest BCUT2D eigenvalue weighted by atomic mass is 10.3. The van der Waals surface area contributed by atoms with E-state index in [1.807, 2.05) is 6.07 Å². The largest absolute Gasteiger partial charge is 0.434 e. The Morgan fingerprint density at radius 3 is 2.82 bits per heavy atom. The molecular formula is C13H9ClF2N4O2. The van der Waals surface area contributed by atoms with Gasteiger partial charge in [0.05, 0.1) is 12.7 Å². The molecule has 9 heteroatoms. The number of alkyl halides is 2. The van der Waals surface area contributed by atoms with Gasteiger partial charge < -0.3 is 14.2 Å². The number of oxazole rings is 1. The van der Waals surface area contributed by atoms with E-state index in [0.717, 1.165) is 5.69 Å². The van der Waals surface area contributed by atoms with E-state index in [1.165, 1.54) is 6.20 Å². The minimum Gasteiger partial charge on any atom is -0.434 e. The zero-order valence-corrected chi connectivity index (χ0v) is 11.7. The molecule has 0 saturated heterocycles. The summed E-state index contributed by atoms with van der Waals surface area (Å²) >= 11 is 5.87. The van der Waals surface area contributed by atoms with Gasteiger partial charge in [-0.2, -0.15) is 8.78 Å². The third-order valence-electron chi connectivity index (χ3n) is 2.66. The van der Waals surface area contributed by atoms with E-state index >= 15 is 0 Å². The Kier molecular flexibility index (Phi) is 4.01. The summed E-state index contributed by atoms with van der Waals surface area (Å²) in [6.07, 6.45) is -1.49. The van der Waals surface area contributed by atoms with E-state index in [9.17, 15) is 8.78 Å². The van der Waals surface area contributed by atoms with Crippen LogP contribution in [0.15, 0.2) is 39.3 Å². The lowest BCUT2D eigenvalue weighted by Gasteiger charge is -2.03. The fourth-order valence-corrected chi connectivity index (χ4v) is 1.88. The molecule has 0 radical (unpaired) electrons. The Morgan fingerprint density at radius 1 is 1.23 bits per heavy atom. The summed E-state index contributed by atoms with van der Waals surface area (Å²) in [5.41, 5.74) is 0.796. The quantitative estimate of drug-likeness (QED) is 0.765. The number of anilines is 1. The van der Waals surface area contributed by atoms with Crippen LogP contribution in [0.4, 0.5) is 14.5 Å². The Balaban J connectivity index is 1.68. The molecule has 0 aliphatic carbocycles. The summed E-state index contributed by atoms with van der Waals surface area (Å²) < 4.78 is 34.9. The van der Waals surface area contributed by atoms with Crippen LogP contribution in [0.5, 0.6) is 0 Å². The van der Waals surface area contributed by atoms with Gasteiger partial charge >= 0.3 is 6.43 Å². The first kappa shape index (κ1) is 14.5. The highest BCUT2D eigenvalue weighted by Crippen LogP contribution is 2.24. The van der Waals surface area contributed by atoms with Gasteiger partial charge in [-0.15, -0.1) is 10.2 Å². The average molecular weight is 327 g/mol. The van der Waals surface area contributed by atoms with Crippen molar-refractivity contribution in [2.24, 2.45) is 0 Å². The lowest BCUT2D eigenvalue weighted by molar-refractivity contribution is 0.115. The van der Waals surface area contributed by atoms with Crippen molar-refractivity contribution in [2.45, 2.75) is 13.0 Å². The SMILES string of the molecule is FC(F)c1nnc(-c2cnc(CNc3cccc(Cl)c3)o2)o1. The van der Waals surface area contributed by atoms with Crippen LogP contribution < -0.4 is 5.32 Å². The molecule has 0 bridgehead atoms. The molecule has 0 atom stereocenters. The van der Waals surface area contributed by atoms with Gasteiger partial charge in [0, 0.05) is 10.7 Å². The molecule has 22 heavy (non-hydrogen) atoms. The normalized spacial score (nSPS) is 11.1. The van der Waals surface area contributed by atoms with Crippen molar-refractivity contribution in [3.05, 3.63) is 47.3 Å². The van der Waals surface area contributed by atoms with Gasteiger partial charge in [0.15, 0.2) is 0 Å². The predicted molar refractivity (Wildman–Crippen MR) is 73.5 cm³/mol. The van der Waals surface area contributed by atoms with Crippen molar-refractivity contribution in [1.82, 2.24) is 15.2 Å². The molecule has 0 unspecified atom stereocenters. The van der Waals surface area contributed by atoms with Crippen LogP contribution in [-0.2, 0) is 6.54 Å². The molecule has 2 heterocycles. The summed E-state index contributed by atoms with van der Waals surface area (Å²) in [6.45, 7) is 0.288. The third-order valence-corrected chi connectivity index (χ3v) is 2.90. The van der Waals surface area contributed by atoms with Gasteiger partial charge in [-0.1, -0.05) is 17.7 Å². The van der Waals surface area contributed by atoms with Crippen LogP contribution in [-0.4, -0.2) is 15.2 Å². The van der Waals surface area contributed by atoms with Crippen molar-refractivity contribution in [3.8, 4) is 11.7 Å². The fraction of sp³-hybridized carbons (Fsp3) is 0.154. The van der Waals surface area contributed by atoms with E-state index < -0.39 is 12.3 Å². The topological polar surface area (TPSA) is 77.0 Å². The van der Waals surface area contributed by atoms with Crippen LogP contribution in [0.1, 0.15) is 18.2 Å². The molecule has 0 amide bonds. The molecule has 1 N–H and O–H groups in total. The van der Waals surface area contributed by atoms with E-state index in [2.05, 4.69) is 20.5 Å². The second-order valence-corrected chi connectivity index (χ2v) is 4.66. The number of benzene rings is 1. The number of halogens is 3. The highest BCUT2D eigenvalue weighted by Gasteiger charge is 2.19. The average Bonchev–Trinajstić information content (AvgIpc) is 3.14. The Hall–Kier alpha value is -2.48. The molecule has 1 aromatic carbocycles. The maximum atomic E-state index is 12.4. The predicted octanol–water partition coefficient (Wildman–Crippen LogP) is 3.93. The van der Waals surface area contributed by atoms with E-state index in [0.29, 0.717) is 10.9 Å². The standard InChI is InChI=1S/C13H9ClF2N4O2/c14-7-2-1-3-8(4-7)17-6-10-18-5-9(21-10)12-19-20-13(22-12)11(15)16/h1-5,11,17H,6H2. The number of hydrogen-bond donors (Lipinski definition) is 1. The Morgan fingerprint density at radius 2 is 2.09 bits per heavy atom. The second-order valence-electron chi connectivity index (χ2n) is 4.23. The van der Waals surface area contributed by atoms with Gasteiger partial charge in [-0.25, -0.2) is 4.98 Å². The van der Waals surface area contributed by atoms with Crippen molar-refractivity contribution in [3.63, 3.8) is 0 Å². The first-order valence-electron chi connectivity index (χ1n) is 6.18. The molecule has 0 fully saturated rings. The van der Waals surface area contributed by atoms with Gasteiger partial charge in [-0.3, -0.25) is 0 Å². The Bertz CT molecular complexity index is 775. The summed E-state index contributed by atoms with van der Waals surface area (Å²) in [4.78, 5) is 4.01. The van der Waals surface area contributed by atoms with Crippen LogP contribution in [0.25, 0.3) is 11.7 Å². The van der Waals surface area contributed by atoms with E-state index in [4.69, 9.17) is 20.4 Å². The number of rotatable bonds is 5. The minimum absolute atomic E-state index is 0.127. The molecule has 6 nitrogen and oxygen atoms in total. The number of hydrogen-bond acceptors (Lipinski definition) is 6. The summed E-state index contributed by atoms with van der Waals surface area (Å²) in [6, 6.07) is 7.14. The molecule has 114 valence electrons. The second kappa shape index (κ2) is 6.10. The molecule has 3 rings (SSSR count). The molecule has 3 aromatic rings. The van der Waals surface area contributed by atoms with Gasteiger partial charge in [-0.05, 0) is 18.2 Å². The van der Waals surface area contributed by atoms with Gasteiger partial charge in [0.2, 0.25) is 11.7 Å². The molecular weight excluding hydrogens is 318 g/mol. The number of nitrogens with zero attached hydrogens (tertiary/aromatic N) is 3. The monoisotopic (exact) mass is 326 g/mol. The zero-order chi connectivity index (χ0) is 15.5. The number of aromatic nitrogens is 3. The first-order chi connectivity index (χ1) is 10.6. The van der Waals surface area contributed by atoms with Gasteiger partial charge in [0.25, 0.3) is 11.8 Å². The highest BCUT2D eigenvalue weighted by atomic mass is 35.5. The summed E-state index contributed by atoms with van der Waals surface area (Å²) in [7, 11) is 0.